The second kappa shape index (κ2) is 11.1. The van der Waals surface area contributed by atoms with Gasteiger partial charge in [-0.1, -0.05) is 17.3 Å². The van der Waals surface area contributed by atoms with Gasteiger partial charge in [0.25, 0.3) is 12.3 Å². The summed E-state index contributed by atoms with van der Waals surface area (Å²) in [6.07, 6.45) is -2.69. The minimum Gasteiger partial charge on any atom is -0.470 e. The van der Waals surface area contributed by atoms with Crippen molar-refractivity contribution >= 4 is 11.7 Å². The highest BCUT2D eigenvalue weighted by Gasteiger charge is 2.38. The van der Waals surface area contributed by atoms with Gasteiger partial charge in [0.05, 0.1) is 24.5 Å². The molecule has 0 saturated carbocycles. The van der Waals surface area contributed by atoms with Crippen LogP contribution in [0, 0.1) is 6.92 Å². The van der Waals surface area contributed by atoms with Crippen LogP contribution in [-0.4, -0.2) is 92.6 Å². The van der Waals surface area contributed by atoms with Crippen molar-refractivity contribution in [2.45, 2.75) is 32.3 Å². The summed E-state index contributed by atoms with van der Waals surface area (Å²) in [6.45, 7) is 3.92. The number of amides is 1. The van der Waals surface area contributed by atoms with Gasteiger partial charge in [-0.25, -0.2) is 22.2 Å². The summed E-state index contributed by atoms with van der Waals surface area (Å²) in [7, 11) is 0. The fraction of sp³-hybridized carbons (Fsp3) is 0.480. The molecule has 2 fully saturated rings. The first kappa shape index (κ1) is 26.8. The van der Waals surface area contributed by atoms with Crippen molar-refractivity contribution in [1.29, 1.82) is 0 Å². The van der Waals surface area contributed by atoms with Crippen molar-refractivity contribution in [3.63, 3.8) is 0 Å². The molecule has 0 atom stereocenters. The highest BCUT2D eigenvalue weighted by molar-refractivity contribution is 5.82. The van der Waals surface area contributed by atoms with Gasteiger partial charge in [-0.15, -0.1) is 15.3 Å². The molecule has 2 aliphatic heterocycles. The SMILES string of the molecule is Cc1nnn(-c2ccc(C(F)F)cc2)c1COc1ccc(N2CCN(CCN3CCC(F)(F)C3)C(=O)C2)nn1. The highest BCUT2D eigenvalue weighted by atomic mass is 19.3. The number of nitrogens with zero attached hydrogens (tertiary/aromatic N) is 8. The summed E-state index contributed by atoms with van der Waals surface area (Å²) in [5.74, 6) is -1.95. The van der Waals surface area contributed by atoms with Crippen LogP contribution in [0.3, 0.4) is 0 Å². The first-order valence-corrected chi connectivity index (χ1v) is 12.6. The summed E-state index contributed by atoms with van der Waals surface area (Å²) in [4.78, 5) is 17.8. The Hall–Kier alpha value is -3.81. The number of likely N-dealkylation sites (tertiary alicyclic amines) is 1. The van der Waals surface area contributed by atoms with Crippen molar-refractivity contribution < 1.29 is 27.1 Å². The lowest BCUT2D eigenvalue weighted by Crippen LogP contribution is -2.52. The lowest BCUT2D eigenvalue weighted by atomic mass is 10.2. The topological polar surface area (TPSA) is 92.5 Å². The number of anilines is 1. The fourth-order valence-electron chi connectivity index (χ4n) is 4.61. The summed E-state index contributed by atoms with van der Waals surface area (Å²) in [5, 5.41) is 16.5. The van der Waals surface area contributed by atoms with Crippen LogP contribution >= 0.6 is 0 Å². The largest absolute Gasteiger partial charge is 0.470 e. The Labute approximate surface area is 222 Å². The van der Waals surface area contributed by atoms with Crippen LogP contribution in [0.5, 0.6) is 5.88 Å². The normalized spacial score (nSPS) is 17.8. The third-order valence-electron chi connectivity index (χ3n) is 6.91. The van der Waals surface area contributed by atoms with E-state index in [0.29, 0.717) is 55.6 Å². The molecule has 2 aliphatic rings. The van der Waals surface area contributed by atoms with E-state index in [1.165, 1.54) is 16.8 Å². The van der Waals surface area contributed by atoms with E-state index in [0.717, 1.165) is 0 Å². The molecule has 0 spiro atoms. The molecule has 2 saturated heterocycles. The van der Waals surface area contributed by atoms with E-state index in [1.807, 2.05) is 4.90 Å². The van der Waals surface area contributed by atoms with Crippen LogP contribution in [-0.2, 0) is 11.4 Å². The molecule has 0 aliphatic carbocycles. The summed E-state index contributed by atoms with van der Waals surface area (Å²) < 4.78 is 59.8. The number of halogens is 4. The molecule has 208 valence electrons. The standard InChI is InChI=1S/C25H28F4N8O2/c1-17-20(37(33-30-17)19-4-2-18(3-5-19)24(26)27)15-39-22-7-6-21(31-32-22)36-13-12-35(23(38)14-36)11-10-34-9-8-25(28,29)16-34/h2-7,24H,8-16H2,1H3. The van der Waals surface area contributed by atoms with Gasteiger partial charge in [0.2, 0.25) is 11.8 Å². The highest BCUT2D eigenvalue weighted by Crippen LogP contribution is 2.26. The van der Waals surface area contributed by atoms with E-state index in [4.69, 9.17) is 4.74 Å². The van der Waals surface area contributed by atoms with Crippen LogP contribution in [0.25, 0.3) is 5.69 Å². The number of ether oxygens (including phenoxy) is 1. The lowest BCUT2D eigenvalue weighted by molar-refractivity contribution is -0.131. The third kappa shape index (κ3) is 6.27. The average Bonchev–Trinajstić information content (AvgIpc) is 3.47. The Morgan fingerprint density at radius 1 is 1.00 bits per heavy atom. The molecule has 3 aromatic rings. The summed E-state index contributed by atoms with van der Waals surface area (Å²) >= 11 is 0. The zero-order valence-electron chi connectivity index (χ0n) is 21.3. The predicted molar refractivity (Wildman–Crippen MR) is 132 cm³/mol. The number of rotatable bonds is 9. The summed E-state index contributed by atoms with van der Waals surface area (Å²) in [5.41, 5.74) is 1.74. The van der Waals surface area contributed by atoms with Gasteiger partial charge in [-0.3, -0.25) is 9.69 Å². The Bertz CT molecular complexity index is 1290. The number of benzene rings is 1. The van der Waals surface area contributed by atoms with Crippen LogP contribution in [0.15, 0.2) is 36.4 Å². The molecule has 4 heterocycles. The number of aromatic nitrogens is 5. The zero-order valence-corrected chi connectivity index (χ0v) is 21.3. The smallest absolute Gasteiger partial charge is 0.263 e. The Morgan fingerprint density at radius 2 is 1.79 bits per heavy atom. The molecule has 10 nitrogen and oxygen atoms in total. The van der Waals surface area contributed by atoms with Gasteiger partial charge < -0.3 is 14.5 Å². The van der Waals surface area contributed by atoms with Gasteiger partial charge in [0.1, 0.15) is 12.3 Å². The van der Waals surface area contributed by atoms with Crippen LogP contribution in [0.1, 0.15) is 29.8 Å². The maximum Gasteiger partial charge on any atom is 0.263 e. The van der Waals surface area contributed by atoms with Gasteiger partial charge in [0, 0.05) is 50.8 Å². The van der Waals surface area contributed by atoms with Crippen molar-refractivity contribution in [1.82, 2.24) is 35.0 Å². The number of hydrogen-bond acceptors (Lipinski definition) is 8. The lowest BCUT2D eigenvalue weighted by Gasteiger charge is -2.35. The molecule has 0 radical (unpaired) electrons. The minimum atomic E-state index is -2.64. The number of aryl methyl sites for hydroxylation is 1. The van der Waals surface area contributed by atoms with E-state index >= 15 is 0 Å². The minimum absolute atomic E-state index is 0.0730. The Morgan fingerprint density at radius 3 is 2.44 bits per heavy atom. The maximum atomic E-state index is 13.4. The second-order valence-corrected chi connectivity index (χ2v) is 9.63. The number of alkyl halides is 4. The van der Waals surface area contributed by atoms with Crippen LogP contribution < -0.4 is 9.64 Å². The number of carbonyl (C=O) groups is 1. The van der Waals surface area contributed by atoms with Crippen molar-refractivity contribution in [3.8, 4) is 11.6 Å². The van der Waals surface area contributed by atoms with E-state index in [1.54, 1.807) is 41.0 Å². The monoisotopic (exact) mass is 548 g/mol. The molecular formula is C25H28F4N8O2. The molecule has 1 aromatic carbocycles. The van der Waals surface area contributed by atoms with Crippen molar-refractivity contribution in [3.05, 3.63) is 53.3 Å². The quantitative estimate of drug-likeness (QED) is 0.377. The number of hydrogen-bond donors (Lipinski definition) is 0. The van der Waals surface area contributed by atoms with Crippen LogP contribution in [0.2, 0.25) is 0 Å². The van der Waals surface area contributed by atoms with Gasteiger partial charge in [-0.05, 0) is 25.1 Å². The van der Waals surface area contributed by atoms with Gasteiger partial charge >= 0.3 is 0 Å². The second-order valence-electron chi connectivity index (χ2n) is 9.63. The number of piperazine rings is 1. The van der Waals surface area contributed by atoms with E-state index in [-0.39, 0.29) is 43.5 Å². The first-order chi connectivity index (χ1) is 18.7. The maximum absolute atomic E-state index is 13.4. The molecule has 0 unspecified atom stereocenters. The molecule has 0 N–H and O–H groups in total. The van der Waals surface area contributed by atoms with Gasteiger partial charge in [0.15, 0.2) is 5.82 Å². The first-order valence-electron chi connectivity index (χ1n) is 12.6. The fourth-order valence-corrected chi connectivity index (χ4v) is 4.61. The molecule has 39 heavy (non-hydrogen) atoms. The molecule has 14 heteroatoms. The molecular weight excluding hydrogens is 520 g/mol. The molecule has 2 aromatic heterocycles. The Kier molecular flexibility index (Phi) is 7.64. The zero-order chi connectivity index (χ0) is 27.6. The average molecular weight is 549 g/mol. The van der Waals surface area contributed by atoms with E-state index in [2.05, 4.69) is 20.5 Å². The van der Waals surface area contributed by atoms with Gasteiger partial charge in [-0.2, -0.15) is 0 Å². The Balaban J connectivity index is 1.14. The van der Waals surface area contributed by atoms with Crippen LogP contribution in [0.4, 0.5) is 23.4 Å². The van der Waals surface area contributed by atoms with E-state index in [9.17, 15) is 22.4 Å². The molecule has 0 bridgehead atoms. The number of carbonyl (C=O) groups excluding carboxylic acids is 1. The van der Waals surface area contributed by atoms with Crippen molar-refractivity contribution in [2.75, 3.05) is 50.7 Å². The summed E-state index contributed by atoms with van der Waals surface area (Å²) in [6, 6.07) is 9.12. The van der Waals surface area contributed by atoms with E-state index < -0.39 is 12.3 Å². The third-order valence-corrected chi connectivity index (χ3v) is 6.91. The molecule has 1 amide bonds. The van der Waals surface area contributed by atoms with Crippen molar-refractivity contribution in [2.24, 2.45) is 0 Å². The molecule has 5 rings (SSSR count). The predicted octanol–water partition coefficient (Wildman–Crippen LogP) is 2.87.